The molecule has 1 heterocycles. The Labute approximate surface area is 102 Å². The zero-order valence-electron chi connectivity index (χ0n) is 8.83. The predicted molar refractivity (Wildman–Crippen MR) is 67.5 cm³/mol. The van der Waals surface area contributed by atoms with E-state index in [-0.39, 0.29) is 11.7 Å². The molecule has 0 spiro atoms. The molecule has 0 aliphatic rings. The molecule has 0 aliphatic heterocycles. The van der Waals surface area contributed by atoms with Crippen molar-refractivity contribution >= 4 is 23.5 Å². The van der Waals surface area contributed by atoms with Crippen LogP contribution in [0, 0.1) is 0 Å². The van der Waals surface area contributed by atoms with E-state index < -0.39 is 0 Å². The molecule has 0 radical (unpaired) electrons. The maximum absolute atomic E-state index is 11.6. The summed E-state index contributed by atoms with van der Waals surface area (Å²) < 4.78 is 0. The summed E-state index contributed by atoms with van der Waals surface area (Å²) in [7, 11) is 0. The number of hydrazone groups is 1. The number of phenols is 1. The van der Waals surface area contributed by atoms with Crippen LogP contribution in [0.5, 0.6) is 5.75 Å². The van der Waals surface area contributed by atoms with Gasteiger partial charge in [-0.05, 0) is 35.0 Å². The van der Waals surface area contributed by atoms with Crippen LogP contribution in [-0.2, 0) is 0 Å². The molecule has 0 aliphatic carbocycles. The molecule has 4 nitrogen and oxygen atoms in total. The van der Waals surface area contributed by atoms with Crippen LogP contribution in [0.2, 0.25) is 0 Å². The second-order valence-corrected chi connectivity index (χ2v) is 4.09. The van der Waals surface area contributed by atoms with Crippen LogP contribution in [0.4, 0.5) is 0 Å². The Morgan fingerprint density at radius 3 is 3.00 bits per heavy atom. The van der Waals surface area contributed by atoms with Gasteiger partial charge in [-0.25, -0.2) is 5.43 Å². The van der Waals surface area contributed by atoms with E-state index in [1.165, 1.54) is 12.1 Å². The Hall–Kier alpha value is -2.14. The molecule has 1 amide bonds. The summed E-state index contributed by atoms with van der Waals surface area (Å²) in [6.45, 7) is 0. The highest BCUT2D eigenvalue weighted by Gasteiger charge is 2.03. The summed E-state index contributed by atoms with van der Waals surface area (Å²) in [6, 6.07) is 8.00. The van der Waals surface area contributed by atoms with Gasteiger partial charge in [-0.2, -0.15) is 16.4 Å². The normalized spacial score (nSPS) is 10.6. The lowest BCUT2D eigenvalue weighted by molar-refractivity contribution is 0.0954. The molecule has 0 bridgehead atoms. The minimum atomic E-state index is -0.354. The van der Waals surface area contributed by atoms with Crippen LogP contribution in [0.3, 0.4) is 0 Å². The fourth-order valence-corrected chi connectivity index (χ4v) is 1.84. The summed E-state index contributed by atoms with van der Waals surface area (Å²) in [5.41, 5.74) is 3.69. The number of rotatable bonds is 3. The first kappa shape index (κ1) is 11.3. The van der Waals surface area contributed by atoms with E-state index in [0.717, 1.165) is 5.56 Å². The van der Waals surface area contributed by atoms with Gasteiger partial charge in [0.1, 0.15) is 5.75 Å². The van der Waals surface area contributed by atoms with E-state index in [1.807, 2.05) is 16.8 Å². The third-order valence-electron chi connectivity index (χ3n) is 2.03. The van der Waals surface area contributed by atoms with Gasteiger partial charge >= 0.3 is 0 Å². The summed E-state index contributed by atoms with van der Waals surface area (Å²) in [6.07, 6.45) is 1.57. The molecule has 2 aromatic rings. The second-order valence-electron chi connectivity index (χ2n) is 3.31. The van der Waals surface area contributed by atoms with Crippen molar-refractivity contribution in [3.63, 3.8) is 0 Å². The summed E-state index contributed by atoms with van der Waals surface area (Å²) in [5.74, 6) is -0.299. The SMILES string of the molecule is O=C(N/N=C/c1ccsc1)c1cccc(O)c1. The smallest absolute Gasteiger partial charge is 0.271 e. The average molecular weight is 246 g/mol. The first-order chi connectivity index (χ1) is 8.25. The van der Waals surface area contributed by atoms with Gasteiger partial charge in [0.05, 0.1) is 6.21 Å². The van der Waals surface area contributed by atoms with Crippen molar-refractivity contribution in [3.05, 3.63) is 52.2 Å². The molecule has 0 unspecified atom stereocenters. The fourth-order valence-electron chi connectivity index (χ4n) is 1.23. The lowest BCUT2D eigenvalue weighted by Gasteiger charge is -1.99. The Kier molecular flexibility index (Phi) is 3.52. The van der Waals surface area contributed by atoms with Crippen LogP contribution in [0.25, 0.3) is 0 Å². The van der Waals surface area contributed by atoms with Gasteiger partial charge in [-0.15, -0.1) is 0 Å². The number of nitrogens with one attached hydrogen (secondary N) is 1. The number of hydrogen-bond acceptors (Lipinski definition) is 4. The van der Waals surface area contributed by atoms with E-state index >= 15 is 0 Å². The average Bonchev–Trinajstić information content (AvgIpc) is 2.82. The Balaban J connectivity index is 1.98. The van der Waals surface area contributed by atoms with Crippen LogP contribution in [-0.4, -0.2) is 17.2 Å². The fraction of sp³-hybridized carbons (Fsp3) is 0. The molecule has 1 aromatic carbocycles. The molecule has 1 aromatic heterocycles. The van der Waals surface area contributed by atoms with Crippen LogP contribution in [0.15, 0.2) is 46.2 Å². The van der Waals surface area contributed by atoms with Gasteiger partial charge in [-0.1, -0.05) is 6.07 Å². The molecule has 17 heavy (non-hydrogen) atoms. The van der Waals surface area contributed by atoms with Gasteiger partial charge < -0.3 is 5.11 Å². The maximum Gasteiger partial charge on any atom is 0.271 e. The van der Waals surface area contributed by atoms with Gasteiger partial charge in [0, 0.05) is 11.1 Å². The Morgan fingerprint density at radius 2 is 2.29 bits per heavy atom. The number of thiophene rings is 1. The van der Waals surface area contributed by atoms with E-state index in [0.29, 0.717) is 5.56 Å². The first-order valence-electron chi connectivity index (χ1n) is 4.90. The Bertz CT molecular complexity index is 535. The number of carbonyl (C=O) groups excluding carboxylic acids is 1. The second kappa shape index (κ2) is 5.27. The van der Waals surface area contributed by atoms with Crippen molar-refractivity contribution < 1.29 is 9.90 Å². The highest BCUT2D eigenvalue weighted by atomic mass is 32.1. The molecule has 5 heteroatoms. The molecular weight excluding hydrogens is 236 g/mol. The highest BCUT2D eigenvalue weighted by Crippen LogP contribution is 2.10. The molecule has 0 fully saturated rings. The Morgan fingerprint density at radius 1 is 1.41 bits per heavy atom. The molecule has 0 saturated carbocycles. The largest absolute Gasteiger partial charge is 0.508 e. The minimum absolute atomic E-state index is 0.0551. The summed E-state index contributed by atoms with van der Waals surface area (Å²) >= 11 is 1.56. The topological polar surface area (TPSA) is 61.7 Å². The summed E-state index contributed by atoms with van der Waals surface area (Å²) in [4.78, 5) is 11.6. The number of phenolic OH excluding ortho intramolecular Hbond substituents is 1. The quantitative estimate of drug-likeness (QED) is 0.644. The van der Waals surface area contributed by atoms with Gasteiger partial charge in [-0.3, -0.25) is 4.79 Å². The van der Waals surface area contributed by atoms with E-state index in [1.54, 1.807) is 29.7 Å². The third kappa shape index (κ3) is 3.15. The van der Waals surface area contributed by atoms with E-state index in [9.17, 15) is 9.90 Å². The van der Waals surface area contributed by atoms with Crippen LogP contribution < -0.4 is 5.43 Å². The van der Waals surface area contributed by atoms with E-state index in [2.05, 4.69) is 10.5 Å². The summed E-state index contributed by atoms with van der Waals surface area (Å²) in [5, 5.41) is 16.9. The third-order valence-corrected chi connectivity index (χ3v) is 2.73. The molecule has 2 rings (SSSR count). The van der Waals surface area contributed by atoms with Crippen LogP contribution in [0.1, 0.15) is 15.9 Å². The molecule has 86 valence electrons. The van der Waals surface area contributed by atoms with Gasteiger partial charge in [0.2, 0.25) is 0 Å². The highest BCUT2D eigenvalue weighted by molar-refractivity contribution is 7.08. The maximum atomic E-state index is 11.6. The molecule has 0 saturated heterocycles. The van der Waals surface area contributed by atoms with Crippen molar-refractivity contribution in [3.8, 4) is 5.75 Å². The number of hydrogen-bond donors (Lipinski definition) is 2. The number of carbonyl (C=O) groups is 1. The van der Waals surface area contributed by atoms with Gasteiger partial charge in [0.15, 0.2) is 0 Å². The first-order valence-corrected chi connectivity index (χ1v) is 5.84. The molecule has 0 atom stereocenters. The predicted octanol–water partition coefficient (Wildman–Crippen LogP) is 2.22. The zero-order valence-corrected chi connectivity index (χ0v) is 9.65. The zero-order chi connectivity index (χ0) is 12.1. The van der Waals surface area contributed by atoms with Crippen molar-refractivity contribution in [1.29, 1.82) is 0 Å². The van der Waals surface area contributed by atoms with Gasteiger partial charge in [0.25, 0.3) is 5.91 Å². The van der Waals surface area contributed by atoms with Crippen molar-refractivity contribution in [2.24, 2.45) is 5.10 Å². The lowest BCUT2D eigenvalue weighted by Crippen LogP contribution is -2.17. The lowest BCUT2D eigenvalue weighted by atomic mass is 10.2. The standard InChI is InChI=1S/C12H10N2O2S/c15-11-3-1-2-10(6-11)12(16)14-13-7-9-4-5-17-8-9/h1-8,15H,(H,14,16)/b13-7+. The van der Waals surface area contributed by atoms with Crippen molar-refractivity contribution in [1.82, 2.24) is 5.43 Å². The number of amides is 1. The number of aromatic hydroxyl groups is 1. The molecule has 2 N–H and O–H groups in total. The number of benzene rings is 1. The van der Waals surface area contributed by atoms with Crippen molar-refractivity contribution in [2.75, 3.05) is 0 Å². The van der Waals surface area contributed by atoms with E-state index in [4.69, 9.17) is 0 Å². The number of nitrogens with zero attached hydrogens (tertiary/aromatic N) is 1. The molecular formula is C12H10N2O2S. The monoisotopic (exact) mass is 246 g/mol. The van der Waals surface area contributed by atoms with Crippen LogP contribution >= 0.6 is 11.3 Å². The van der Waals surface area contributed by atoms with Crippen molar-refractivity contribution in [2.45, 2.75) is 0 Å². The minimum Gasteiger partial charge on any atom is -0.508 e.